The van der Waals surface area contributed by atoms with Crippen LogP contribution in [0.2, 0.25) is 0 Å². The van der Waals surface area contributed by atoms with Crippen LogP contribution in [0.15, 0.2) is 36.8 Å². The SMILES string of the molecule is CC(C)(C)CN(CC(=O)NCc1cccnc1)c1ccnc(C#N)n1. The second-order valence-corrected chi connectivity index (χ2v) is 6.90. The summed E-state index contributed by atoms with van der Waals surface area (Å²) in [5, 5.41) is 11.9. The van der Waals surface area contributed by atoms with Gasteiger partial charge in [0.1, 0.15) is 11.9 Å². The summed E-state index contributed by atoms with van der Waals surface area (Å²) >= 11 is 0. The molecule has 0 saturated heterocycles. The van der Waals surface area contributed by atoms with Crippen LogP contribution in [-0.2, 0) is 11.3 Å². The van der Waals surface area contributed by atoms with Crippen LogP contribution in [-0.4, -0.2) is 33.9 Å². The molecule has 1 N–H and O–H groups in total. The van der Waals surface area contributed by atoms with Crippen LogP contribution in [0.4, 0.5) is 5.82 Å². The third-order valence-corrected chi connectivity index (χ3v) is 3.28. The Morgan fingerprint density at radius 1 is 1.32 bits per heavy atom. The number of rotatable bonds is 6. The summed E-state index contributed by atoms with van der Waals surface area (Å²) in [5.74, 6) is 0.537. The molecular weight excluding hydrogens is 316 g/mol. The van der Waals surface area contributed by atoms with Crippen LogP contribution in [0, 0.1) is 16.7 Å². The summed E-state index contributed by atoms with van der Waals surface area (Å²) in [5.41, 5.74) is 0.897. The van der Waals surface area contributed by atoms with Crippen LogP contribution < -0.4 is 10.2 Å². The molecule has 7 heteroatoms. The zero-order valence-electron chi connectivity index (χ0n) is 14.7. The molecule has 0 spiro atoms. The summed E-state index contributed by atoms with van der Waals surface area (Å²) < 4.78 is 0. The number of nitrogens with zero attached hydrogens (tertiary/aromatic N) is 5. The average Bonchev–Trinajstić information content (AvgIpc) is 2.59. The highest BCUT2D eigenvalue weighted by Crippen LogP contribution is 2.19. The van der Waals surface area contributed by atoms with E-state index in [9.17, 15) is 4.79 Å². The highest BCUT2D eigenvalue weighted by Gasteiger charge is 2.20. The lowest BCUT2D eigenvalue weighted by atomic mass is 9.96. The number of pyridine rings is 1. The molecule has 0 aliphatic carbocycles. The minimum Gasteiger partial charge on any atom is -0.350 e. The molecule has 25 heavy (non-hydrogen) atoms. The molecule has 0 atom stereocenters. The van der Waals surface area contributed by atoms with Crippen LogP contribution in [0.3, 0.4) is 0 Å². The Labute approximate surface area is 147 Å². The van der Waals surface area contributed by atoms with Gasteiger partial charge in [0.25, 0.3) is 0 Å². The fourth-order valence-corrected chi connectivity index (χ4v) is 2.30. The van der Waals surface area contributed by atoms with Crippen molar-refractivity contribution in [1.29, 1.82) is 5.26 Å². The molecule has 0 aliphatic heterocycles. The maximum Gasteiger partial charge on any atom is 0.239 e. The Hall–Kier alpha value is -3.01. The highest BCUT2D eigenvalue weighted by molar-refractivity contribution is 5.81. The van der Waals surface area contributed by atoms with Gasteiger partial charge in [-0.2, -0.15) is 5.26 Å². The molecule has 0 radical (unpaired) electrons. The van der Waals surface area contributed by atoms with E-state index in [4.69, 9.17) is 5.26 Å². The zero-order chi connectivity index (χ0) is 18.3. The van der Waals surface area contributed by atoms with E-state index >= 15 is 0 Å². The van der Waals surface area contributed by atoms with Crippen molar-refractivity contribution in [2.75, 3.05) is 18.0 Å². The van der Waals surface area contributed by atoms with E-state index in [1.807, 2.05) is 23.1 Å². The van der Waals surface area contributed by atoms with Crippen molar-refractivity contribution < 1.29 is 4.79 Å². The molecule has 1 amide bonds. The number of aromatic nitrogens is 3. The molecule has 2 rings (SSSR count). The monoisotopic (exact) mass is 338 g/mol. The molecular formula is C18H22N6O. The molecule has 0 aliphatic rings. The predicted molar refractivity (Wildman–Crippen MR) is 94.5 cm³/mol. The Kier molecular flexibility index (Phi) is 6.01. The van der Waals surface area contributed by atoms with E-state index in [0.717, 1.165) is 5.56 Å². The second kappa shape index (κ2) is 8.20. The maximum atomic E-state index is 12.4. The van der Waals surface area contributed by atoms with Crippen molar-refractivity contribution in [2.45, 2.75) is 27.3 Å². The smallest absolute Gasteiger partial charge is 0.239 e. The first-order valence-electron chi connectivity index (χ1n) is 8.01. The van der Waals surface area contributed by atoms with Crippen molar-refractivity contribution >= 4 is 11.7 Å². The number of nitriles is 1. The molecule has 0 unspecified atom stereocenters. The number of nitrogens with one attached hydrogen (secondary N) is 1. The molecule has 0 bridgehead atoms. The lowest BCUT2D eigenvalue weighted by Gasteiger charge is -2.30. The van der Waals surface area contributed by atoms with Crippen molar-refractivity contribution in [3.8, 4) is 6.07 Å². The number of carbonyl (C=O) groups excluding carboxylic acids is 1. The van der Waals surface area contributed by atoms with Crippen molar-refractivity contribution in [2.24, 2.45) is 5.41 Å². The summed E-state index contributed by atoms with van der Waals surface area (Å²) in [6, 6.07) is 7.38. The van der Waals surface area contributed by atoms with Gasteiger partial charge in [-0.15, -0.1) is 0 Å². The van der Waals surface area contributed by atoms with Gasteiger partial charge >= 0.3 is 0 Å². The van der Waals surface area contributed by atoms with E-state index < -0.39 is 0 Å². The fourth-order valence-electron chi connectivity index (χ4n) is 2.30. The molecule has 2 aromatic rings. The van der Waals surface area contributed by atoms with Gasteiger partial charge in [0.05, 0.1) is 6.54 Å². The number of carbonyl (C=O) groups is 1. The van der Waals surface area contributed by atoms with E-state index in [1.54, 1.807) is 18.5 Å². The van der Waals surface area contributed by atoms with Gasteiger partial charge in [0.15, 0.2) is 0 Å². The normalized spacial score (nSPS) is 10.8. The summed E-state index contributed by atoms with van der Waals surface area (Å²) in [4.78, 5) is 26.3. The number of hydrogen-bond acceptors (Lipinski definition) is 6. The Balaban J connectivity index is 2.07. The van der Waals surface area contributed by atoms with Gasteiger partial charge in [0.2, 0.25) is 11.7 Å². The van der Waals surface area contributed by atoms with E-state index in [-0.39, 0.29) is 23.7 Å². The van der Waals surface area contributed by atoms with E-state index in [1.165, 1.54) is 6.20 Å². The van der Waals surface area contributed by atoms with Crippen LogP contribution in [0.1, 0.15) is 32.2 Å². The van der Waals surface area contributed by atoms with Crippen molar-refractivity contribution in [1.82, 2.24) is 20.3 Å². The summed E-state index contributed by atoms with van der Waals surface area (Å²) in [6.45, 7) is 7.44. The van der Waals surface area contributed by atoms with Gasteiger partial charge in [-0.1, -0.05) is 26.8 Å². The maximum absolute atomic E-state index is 12.4. The lowest BCUT2D eigenvalue weighted by molar-refractivity contribution is -0.120. The van der Waals surface area contributed by atoms with Crippen LogP contribution in [0.25, 0.3) is 0 Å². The highest BCUT2D eigenvalue weighted by atomic mass is 16.2. The Morgan fingerprint density at radius 2 is 2.12 bits per heavy atom. The molecule has 130 valence electrons. The van der Waals surface area contributed by atoms with E-state index in [2.05, 4.69) is 41.0 Å². The summed E-state index contributed by atoms with van der Waals surface area (Å²) in [7, 11) is 0. The number of hydrogen-bond donors (Lipinski definition) is 1. The molecule has 0 aromatic carbocycles. The topological polar surface area (TPSA) is 94.8 Å². The number of anilines is 1. The first-order chi connectivity index (χ1) is 11.9. The van der Waals surface area contributed by atoms with Crippen LogP contribution >= 0.6 is 0 Å². The molecule has 7 nitrogen and oxygen atoms in total. The molecule has 0 fully saturated rings. The van der Waals surface area contributed by atoms with Crippen LogP contribution in [0.5, 0.6) is 0 Å². The predicted octanol–water partition coefficient (Wildman–Crippen LogP) is 1.91. The first kappa shape index (κ1) is 18.3. The van der Waals surface area contributed by atoms with Gasteiger partial charge in [0, 0.05) is 31.7 Å². The third kappa shape index (κ3) is 6.18. The zero-order valence-corrected chi connectivity index (χ0v) is 14.7. The van der Waals surface area contributed by atoms with Gasteiger partial charge in [-0.05, 0) is 23.1 Å². The van der Waals surface area contributed by atoms with Crippen molar-refractivity contribution in [3.63, 3.8) is 0 Å². The average molecular weight is 338 g/mol. The number of amides is 1. The van der Waals surface area contributed by atoms with Gasteiger partial charge in [-0.3, -0.25) is 9.78 Å². The molecule has 2 heterocycles. The standard InChI is InChI=1S/C18H22N6O/c1-18(2,3)13-24(16-6-8-21-15(9-19)23-16)12-17(25)22-11-14-5-4-7-20-10-14/h4-8,10H,11-13H2,1-3H3,(H,22,25). The molecule has 0 saturated carbocycles. The van der Waals surface area contributed by atoms with Crippen molar-refractivity contribution in [3.05, 3.63) is 48.2 Å². The largest absolute Gasteiger partial charge is 0.350 e. The van der Waals surface area contributed by atoms with Gasteiger partial charge in [-0.25, -0.2) is 9.97 Å². The van der Waals surface area contributed by atoms with Gasteiger partial charge < -0.3 is 10.2 Å². The quantitative estimate of drug-likeness (QED) is 0.864. The van der Waals surface area contributed by atoms with E-state index in [0.29, 0.717) is 18.9 Å². The Morgan fingerprint density at radius 3 is 2.76 bits per heavy atom. The third-order valence-electron chi connectivity index (χ3n) is 3.28. The lowest BCUT2D eigenvalue weighted by Crippen LogP contribution is -2.41. The molecule has 2 aromatic heterocycles. The summed E-state index contributed by atoms with van der Waals surface area (Å²) in [6.07, 6.45) is 4.94. The Bertz CT molecular complexity index is 748. The fraction of sp³-hybridized carbons (Fsp3) is 0.389. The minimum atomic E-state index is -0.120. The first-order valence-corrected chi connectivity index (χ1v) is 8.01. The second-order valence-electron chi connectivity index (χ2n) is 6.90. The minimum absolute atomic E-state index is 0.0403.